The number of aromatic nitrogens is 1. The van der Waals surface area contributed by atoms with Gasteiger partial charge in [-0.2, -0.15) is 0 Å². The molecule has 0 spiro atoms. The van der Waals surface area contributed by atoms with Gasteiger partial charge in [0.05, 0.1) is 5.54 Å². The smallest absolute Gasteiger partial charge is 0.213 e. The van der Waals surface area contributed by atoms with Crippen LogP contribution in [0, 0.1) is 6.92 Å². The molecule has 4 heteroatoms. The highest BCUT2D eigenvalue weighted by atomic mass is 79.9. The van der Waals surface area contributed by atoms with Gasteiger partial charge in [-0.1, -0.05) is 12.8 Å². The third-order valence-corrected chi connectivity index (χ3v) is 3.96. The summed E-state index contributed by atoms with van der Waals surface area (Å²) in [5, 5.41) is 0. The average molecular weight is 285 g/mol. The molecule has 0 saturated heterocycles. The normalized spacial score (nSPS) is 18.7. The van der Waals surface area contributed by atoms with Gasteiger partial charge in [-0.05, 0) is 41.3 Å². The molecule has 0 unspecified atom stereocenters. The van der Waals surface area contributed by atoms with Crippen molar-refractivity contribution in [2.24, 2.45) is 5.73 Å². The van der Waals surface area contributed by atoms with Crippen molar-refractivity contribution in [1.29, 1.82) is 0 Å². The summed E-state index contributed by atoms with van der Waals surface area (Å²) in [7, 11) is 0. The number of hydrogen-bond donors (Lipinski definition) is 1. The SMILES string of the molecule is Cc1cc(OCC2(N)CCCC2)ncc1Br. The largest absolute Gasteiger partial charge is 0.476 e. The number of ether oxygens (including phenoxy) is 1. The molecule has 0 radical (unpaired) electrons. The van der Waals surface area contributed by atoms with Crippen molar-refractivity contribution in [2.45, 2.75) is 38.1 Å². The van der Waals surface area contributed by atoms with Crippen LogP contribution in [0.2, 0.25) is 0 Å². The Bertz CT molecular complexity index is 375. The number of hydrogen-bond acceptors (Lipinski definition) is 3. The maximum Gasteiger partial charge on any atom is 0.213 e. The zero-order valence-corrected chi connectivity index (χ0v) is 11.1. The molecule has 1 fully saturated rings. The summed E-state index contributed by atoms with van der Waals surface area (Å²) in [4.78, 5) is 4.21. The number of aryl methyl sites for hydroxylation is 1. The number of halogens is 1. The second-order valence-electron chi connectivity index (χ2n) is 4.63. The summed E-state index contributed by atoms with van der Waals surface area (Å²) >= 11 is 3.41. The topological polar surface area (TPSA) is 48.1 Å². The first-order chi connectivity index (χ1) is 7.59. The van der Waals surface area contributed by atoms with E-state index in [2.05, 4.69) is 20.9 Å². The van der Waals surface area contributed by atoms with Gasteiger partial charge in [-0.3, -0.25) is 0 Å². The second kappa shape index (κ2) is 4.72. The number of pyridine rings is 1. The lowest BCUT2D eigenvalue weighted by atomic mass is 10.0. The quantitative estimate of drug-likeness (QED) is 0.929. The predicted molar refractivity (Wildman–Crippen MR) is 67.6 cm³/mol. The zero-order valence-electron chi connectivity index (χ0n) is 9.50. The van der Waals surface area contributed by atoms with Crippen LogP contribution in [0.4, 0.5) is 0 Å². The van der Waals surface area contributed by atoms with Crippen LogP contribution in [0.25, 0.3) is 0 Å². The Morgan fingerprint density at radius 2 is 2.19 bits per heavy atom. The van der Waals surface area contributed by atoms with Gasteiger partial charge in [0.15, 0.2) is 0 Å². The van der Waals surface area contributed by atoms with Gasteiger partial charge < -0.3 is 10.5 Å². The molecule has 1 aliphatic rings. The van der Waals surface area contributed by atoms with E-state index in [1.807, 2.05) is 13.0 Å². The summed E-state index contributed by atoms with van der Waals surface area (Å²) < 4.78 is 6.67. The molecule has 3 nitrogen and oxygen atoms in total. The highest BCUT2D eigenvalue weighted by Crippen LogP contribution is 2.28. The van der Waals surface area contributed by atoms with Crippen LogP contribution in [0.3, 0.4) is 0 Å². The summed E-state index contributed by atoms with van der Waals surface area (Å²) in [5.41, 5.74) is 7.20. The van der Waals surface area contributed by atoms with Crippen molar-refractivity contribution in [3.05, 3.63) is 22.3 Å². The minimum absolute atomic E-state index is 0.136. The van der Waals surface area contributed by atoms with Crippen molar-refractivity contribution in [3.63, 3.8) is 0 Å². The second-order valence-corrected chi connectivity index (χ2v) is 5.48. The lowest BCUT2D eigenvalue weighted by Crippen LogP contribution is -2.42. The van der Waals surface area contributed by atoms with Gasteiger partial charge in [0.1, 0.15) is 6.61 Å². The molecule has 0 aliphatic heterocycles. The zero-order chi connectivity index (χ0) is 11.6. The van der Waals surface area contributed by atoms with E-state index in [1.165, 1.54) is 12.8 Å². The molecule has 1 aromatic rings. The van der Waals surface area contributed by atoms with E-state index in [-0.39, 0.29) is 5.54 Å². The Morgan fingerprint density at radius 1 is 1.50 bits per heavy atom. The van der Waals surface area contributed by atoms with Gasteiger partial charge in [0.2, 0.25) is 5.88 Å². The van der Waals surface area contributed by atoms with Crippen LogP contribution in [-0.4, -0.2) is 17.1 Å². The molecule has 2 N–H and O–H groups in total. The fourth-order valence-electron chi connectivity index (χ4n) is 2.03. The van der Waals surface area contributed by atoms with Gasteiger partial charge in [0.25, 0.3) is 0 Å². The minimum Gasteiger partial charge on any atom is -0.476 e. The van der Waals surface area contributed by atoms with E-state index in [9.17, 15) is 0 Å². The first kappa shape index (κ1) is 11.9. The van der Waals surface area contributed by atoms with E-state index >= 15 is 0 Å². The van der Waals surface area contributed by atoms with Gasteiger partial charge in [-0.15, -0.1) is 0 Å². The van der Waals surface area contributed by atoms with Crippen LogP contribution in [0.1, 0.15) is 31.2 Å². The molecule has 1 heterocycles. The Balaban J connectivity index is 1.96. The van der Waals surface area contributed by atoms with Crippen LogP contribution >= 0.6 is 15.9 Å². The molecule has 0 amide bonds. The Kier molecular flexibility index (Phi) is 3.50. The molecular formula is C12H17BrN2O. The molecular weight excluding hydrogens is 268 g/mol. The number of nitrogens with two attached hydrogens (primary N) is 1. The minimum atomic E-state index is -0.136. The van der Waals surface area contributed by atoms with Crippen molar-refractivity contribution >= 4 is 15.9 Å². The summed E-state index contributed by atoms with van der Waals surface area (Å²) in [6, 6.07) is 1.93. The van der Waals surface area contributed by atoms with Crippen molar-refractivity contribution in [2.75, 3.05) is 6.61 Å². The van der Waals surface area contributed by atoms with Crippen LogP contribution in [0.15, 0.2) is 16.7 Å². The van der Waals surface area contributed by atoms with E-state index in [0.717, 1.165) is 22.9 Å². The first-order valence-electron chi connectivity index (χ1n) is 5.63. The molecule has 2 rings (SSSR count). The summed E-state index contributed by atoms with van der Waals surface area (Å²) in [6.07, 6.45) is 6.31. The summed E-state index contributed by atoms with van der Waals surface area (Å²) in [6.45, 7) is 2.59. The molecule has 0 bridgehead atoms. The van der Waals surface area contributed by atoms with E-state index in [1.54, 1.807) is 6.20 Å². The molecule has 1 aliphatic carbocycles. The Morgan fingerprint density at radius 3 is 2.81 bits per heavy atom. The molecule has 0 aromatic carbocycles. The van der Waals surface area contributed by atoms with Crippen molar-refractivity contribution in [3.8, 4) is 5.88 Å². The highest BCUT2D eigenvalue weighted by molar-refractivity contribution is 9.10. The Labute approximate surface area is 105 Å². The van der Waals surface area contributed by atoms with Gasteiger partial charge in [-0.25, -0.2) is 4.98 Å². The average Bonchev–Trinajstić information content (AvgIpc) is 2.68. The maximum atomic E-state index is 6.21. The van der Waals surface area contributed by atoms with Gasteiger partial charge >= 0.3 is 0 Å². The molecule has 1 aromatic heterocycles. The van der Waals surface area contributed by atoms with Crippen molar-refractivity contribution < 1.29 is 4.74 Å². The van der Waals surface area contributed by atoms with E-state index in [4.69, 9.17) is 10.5 Å². The fraction of sp³-hybridized carbons (Fsp3) is 0.583. The number of rotatable bonds is 3. The third kappa shape index (κ3) is 2.74. The molecule has 88 valence electrons. The molecule has 1 saturated carbocycles. The summed E-state index contributed by atoms with van der Waals surface area (Å²) in [5.74, 6) is 0.664. The lowest BCUT2D eigenvalue weighted by Gasteiger charge is -2.23. The Hall–Kier alpha value is -0.610. The van der Waals surface area contributed by atoms with Crippen LogP contribution < -0.4 is 10.5 Å². The van der Waals surface area contributed by atoms with Crippen LogP contribution in [-0.2, 0) is 0 Å². The lowest BCUT2D eigenvalue weighted by molar-refractivity contribution is 0.213. The third-order valence-electron chi connectivity index (χ3n) is 3.13. The molecule has 16 heavy (non-hydrogen) atoms. The standard InChI is InChI=1S/C12H17BrN2O/c1-9-6-11(15-7-10(9)13)16-8-12(14)4-2-3-5-12/h6-7H,2-5,8,14H2,1H3. The predicted octanol–water partition coefficient (Wildman–Crippen LogP) is 2.80. The van der Waals surface area contributed by atoms with Crippen molar-refractivity contribution in [1.82, 2.24) is 4.98 Å². The molecule has 0 atom stereocenters. The van der Waals surface area contributed by atoms with Crippen LogP contribution in [0.5, 0.6) is 5.88 Å². The van der Waals surface area contributed by atoms with E-state index < -0.39 is 0 Å². The highest BCUT2D eigenvalue weighted by Gasteiger charge is 2.30. The first-order valence-corrected chi connectivity index (χ1v) is 6.42. The van der Waals surface area contributed by atoms with Gasteiger partial charge in [0, 0.05) is 16.7 Å². The monoisotopic (exact) mass is 284 g/mol. The maximum absolute atomic E-state index is 6.21. The van der Waals surface area contributed by atoms with E-state index in [0.29, 0.717) is 12.5 Å². The fourth-order valence-corrected chi connectivity index (χ4v) is 2.25. The number of nitrogens with zero attached hydrogens (tertiary/aromatic N) is 1.